The smallest absolute Gasteiger partial charge is 0.203 e. The summed E-state index contributed by atoms with van der Waals surface area (Å²) in [7, 11) is 0. The lowest BCUT2D eigenvalue weighted by atomic mass is 10.0. The summed E-state index contributed by atoms with van der Waals surface area (Å²) in [5.74, 6) is 1.55. The summed E-state index contributed by atoms with van der Waals surface area (Å²) in [6.45, 7) is 0. The maximum absolute atomic E-state index is 4.47. The molecule has 1 unspecified atom stereocenters. The Kier molecular flexibility index (Phi) is 2.70. The summed E-state index contributed by atoms with van der Waals surface area (Å²) < 4.78 is 5.11. The number of thioether (sulfide) groups is 1. The Morgan fingerprint density at radius 1 is 1.33 bits per heavy atom. The van der Waals surface area contributed by atoms with Crippen LogP contribution in [0, 0.1) is 3.83 Å². The molecule has 0 spiro atoms. The van der Waals surface area contributed by atoms with Gasteiger partial charge in [-0.1, -0.05) is 18.2 Å². The molecule has 76 valence electrons. The third-order valence-electron chi connectivity index (χ3n) is 2.41. The van der Waals surface area contributed by atoms with E-state index >= 15 is 0 Å². The van der Waals surface area contributed by atoms with Crippen LogP contribution >= 0.6 is 45.9 Å². The van der Waals surface area contributed by atoms with E-state index in [1.165, 1.54) is 22.0 Å². The highest BCUT2D eigenvalue weighted by atomic mass is 127. The number of rotatable bonds is 1. The fourth-order valence-corrected chi connectivity index (χ4v) is 4.46. The average Bonchev–Trinajstić information content (AvgIpc) is 2.83. The molecule has 1 aliphatic heterocycles. The van der Waals surface area contributed by atoms with Gasteiger partial charge in [-0.15, -0.1) is 11.8 Å². The molecular weight excluding hydrogens is 339 g/mol. The molecule has 2 aromatic rings. The third-order valence-corrected chi connectivity index (χ3v) is 5.23. The second-order valence-corrected chi connectivity index (χ2v) is 6.11. The van der Waals surface area contributed by atoms with Crippen LogP contribution in [0.25, 0.3) is 0 Å². The number of fused-ring (bicyclic) bond motifs is 1. The Morgan fingerprint density at radius 3 is 3.00 bits per heavy atom. The van der Waals surface area contributed by atoms with Crippen LogP contribution in [0.1, 0.15) is 16.5 Å². The van der Waals surface area contributed by atoms with Gasteiger partial charge in [0.2, 0.25) is 3.83 Å². The molecule has 0 radical (unpaired) electrons. The van der Waals surface area contributed by atoms with E-state index in [1.807, 2.05) is 11.8 Å². The van der Waals surface area contributed by atoms with Crippen molar-refractivity contribution < 1.29 is 0 Å². The fraction of sp³-hybridized carbons (Fsp3) is 0.200. The molecule has 1 aromatic carbocycles. The van der Waals surface area contributed by atoms with Crippen molar-refractivity contribution in [2.75, 3.05) is 5.75 Å². The van der Waals surface area contributed by atoms with Crippen LogP contribution in [0.4, 0.5) is 0 Å². The van der Waals surface area contributed by atoms with Gasteiger partial charge in [-0.2, -0.15) is 4.37 Å². The van der Waals surface area contributed by atoms with Crippen molar-refractivity contribution in [1.82, 2.24) is 9.36 Å². The minimum atomic E-state index is 0.451. The zero-order valence-corrected chi connectivity index (χ0v) is 11.5. The minimum absolute atomic E-state index is 0.451. The molecule has 5 heteroatoms. The van der Waals surface area contributed by atoms with Crippen molar-refractivity contribution in [3.8, 4) is 0 Å². The molecule has 0 bridgehead atoms. The van der Waals surface area contributed by atoms with E-state index in [-0.39, 0.29) is 0 Å². The topological polar surface area (TPSA) is 25.8 Å². The third kappa shape index (κ3) is 1.81. The zero-order valence-electron chi connectivity index (χ0n) is 7.68. The quantitative estimate of drug-likeness (QED) is 0.741. The van der Waals surface area contributed by atoms with Gasteiger partial charge in [-0.25, -0.2) is 4.98 Å². The monoisotopic (exact) mass is 346 g/mol. The van der Waals surface area contributed by atoms with Crippen LogP contribution in [0.5, 0.6) is 0 Å². The second kappa shape index (κ2) is 4.03. The molecule has 0 amide bonds. The molecule has 1 aromatic heterocycles. The predicted octanol–water partition coefficient (Wildman–Crippen LogP) is 3.38. The first-order chi connectivity index (χ1) is 7.34. The van der Waals surface area contributed by atoms with Crippen LogP contribution in [-0.2, 0) is 0 Å². The zero-order chi connectivity index (χ0) is 10.3. The standard InChI is InChI=1S/C10H7IN2S2/c11-10-12-9(15-13-10)7-5-14-8-4-2-1-3-6(7)8/h1-4,7H,5H2. The summed E-state index contributed by atoms with van der Waals surface area (Å²) in [5, 5.41) is 1.15. The van der Waals surface area contributed by atoms with Crippen LogP contribution in [-0.4, -0.2) is 15.1 Å². The molecule has 0 N–H and O–H groups in total. The van der Waals surface area contributed by atoms with Gasteiger partial charge < -0.3 is 0 Å². The molecule has 0 saturated heterocycles. The van der Waals surface area contributed by atoms with E-state index in [1.54, 1.807) is 0 Å². The summed E-state index contributed by atoms with van der Waals surface area (Å²) in [6, 6.07) is 8.59. The first-order valence-electron chi connectivity index (χ1n) is 4.55. The Morgan fingerprint density at radius 2 is 2.20 bits per heavy atom. The molecular formula is C10H7IN2S2. The van der Waals surface area contributed by atoms with Gasteiger partial charge in [0.25, 0.3) is 0 Å². The number of aromatic nitrogens is 2. The van der Waals surface area contributed by atoms with Crippen molar-refractivity contribution in [2.45, 2.75) is 10.8 Å². The Balaban J connectivity index is 2.04. The molecule has 0 aliphatic carbocycles. The number of benzene rings is 1. The Bertz CT molecular complexity index is 498. The van der Waals surface area contributed by atoms with Gasteiger partial charge in [0, 0.05) is 39.2 Å². The highest BCUT2D eigenvalue weighted by Crippen LogP contribution is 2.43. The van der Waals surface area contributed by atoms with E-state index in [2.05, 4.69) is 56.2 Å². The summed E-state index contributed by atoms with van der Waals surface area (Å²) in [4.78, 5) is 5.87. The van der Waals surface area contributed by atoms with E-state index in [9.17, 15) is 0 Å². The lowest BCUT2D eigenvalue weighted by Gasteiger charge is -2.04. The van der Waals surface area contributed by atoms with Crippen molar-refractivity contribution in [3.63, 3.8) is 0 Å². The molecule has 1 aliphatic rings. The van der Waals surface area contributed by atoms with E-state index in [0.29, 0.717) is 5.92 Å². The van der Waals surface area contributed by atoms with Gasteiger partial charge in [-0.05, 0) is 23.2 Å². The molecule has 0 saturated carbocycles. The maximum atomic E-state index is 4.47. The first-order valence-corrected chi connectivity index (χ1v) is 7.39. The second-order valence-electron chi connectivity index (χ2n) is 3.30. The van der Waals surface area contributed by atoms with Crippen molar-refractivity contribution >= 4 is 45.9 Å². The highest BCUT2D eigenvalue weighted by Gasteiger charge is 2.26. The van der Waals surface area contributed by atoms with Crippen LogP contribution in [0.3, 0.4) is 0 Å². The van der Waals surface area contributed by atoms with Gasteiger partial charge >= 0.3 is 0 Å². The van der Waals surface area contributed by atoms with Crippen molar-refractivity contribution in [2.24, 2.45) is 0 Å². The van der Waals surface area contributed by atoms with Gasteiger partial charge in [-0.3, -0.25) is 0 Å². The number of hydrogen-bond acceptors (Lipinski definition) is 4. The van der Waals surface area contributed by atoms with Gasteiger partial charge in [0.1, 0.15) is 5.01 Å². The number of nitrogens with zero attached hydrogens (tertiary/aromatic N) is 2. The van der Waals surface area contributed by atoms with Gasteiger partial charge in [0.05, 0.1) is 0 Å². The molecule has 2 heterocycles. The summed E-state index contributed by atoms with van der Waals surface area (Å²) in [6.07, 6.45) is 0. The van der Waals surface area contributed by atoms with Crippen LogP contribution < -0.4 is 0 Å². The lowest BCUT2D eigenvalue weighted by Crippen LogP contribution is -1.98. The maximum Gasteiger partial charge on any atom is 0.203 e. The van der Waals surface area contributed by atoms with Crippen LogP contribution in [0.2, 0.25) is 0 Å². The van der Waals surface area contributed by atoms with Crippen LogP contribution in [0.15, 0.2) is 29.2 Å². The number of hydrogen-bond donors (Lipinski definition) is 0. The van der Waals surface area contributed by atoms with Gasteiger partial charge in [0.15, 0.2) is 0 Å². The Labute approximate surface area is 110 Å². The summed E-state index contributed by atoms with van der Waals surface area (Å²) >= 11 is 5.61. The first kappa shape index (κ1) is 10.0. The van der Waals surface area contributed by atoms with E-state index in [4.69, 9.17) is 0 Å². The molecule has 0 fully saturated rings. The summed E-state index contributed by atoms with van der Waals surface area (Å²) in [5.41, 5.74) is 1.41. The fourth-order valence-electron chi connectivity index (χ4n) is 1.72. The largest absolute Gasteiger partial charge is 0.214 e. The lowest BCUT2D eigenvalue weighted by molar-refractivity contribution is 0.912. The minimum Gasteiger partial charge on any atom is -0.214 e. The van der Waals surface area contributed by atoms with Crippen molar-refractivity contribution in [1.29, 1.82) is 0 Å². The van der Waals surface area contributed by atoms with Crippen molar-refractivity contribution in [3.05, 3.63) is 38.7 Å². The highest BCUT2D eigenvalue weighted by molar-refractivity contribution is 14.1. The number of halogens is 1. The molecule has 2 nitrogen and oxygen atoms in total. The Hall–Kier alpha value is -0.140. The van der Waals surface area contributed by atoms with E-state index in [0.717, 1.165) is 14.6 Å². The molecule has 1 atom stereocenters. The molecule has 15 heavy (non-hydrogen) atoms. The normalized spacial score (nSPS) is 19.1. The predicted molar refractivity (Wildman–Crippen MR) is 71.6 cm³/mol. The SMILES string of the molecule is Ic1nsc(C2CSc3ccccc32)n1. The average molecular weight is 346 g/mol. The van der Waals surface area contributed by atoms with E-state index < -0.39 is 0 Å². The molecule has 3 rings (SSSR count).